The molecule has 17 heavy (non-hydrogen) atoms. The molecule has 2 aliphatic heterocycles. The van der Waals surface area contributed by atoms with Crippen molar-refractivity contribution in [3.8, 4) is 0 Å². The van der Waals surface area contributed by atoms with Crippen molar-refractivity contribution < 1.29 is 4.57 Å². The Bertz CT molecular complexity index is 681. The van der Waals surface area contributed by atoms with Crippen LogP contribution in [0.1, 0.15) is 11.3 Å². The lowest BCUT2D eigenvalue weighted by Gasteiger charge is -2.09. The first-order valence-electron chi connectivity index (χ1n) is 5.81. The Balaban J connectivity index is 1.99. The quantitative estimate of drug-likeness (QED) is 0.605. The summed E-state index contributed by atoms with van der Waals surface area (Å²) in [5, 5.41) is 0. The molecule has 0 bridgehead atoms. The molecule has 0 aliphatic carbocycles. The van der Waals surface area contributed by atoms with E-state index >= 15 is 0 Å². The minimum absolute atomic E-state index is 0.929. The van der Waals surface area contributed by atoms with E-state index < -0.39 is 0 Å². The first-order valence-corrected chi connectivity index (χ1v) is 5.81. The summed E-state index contributed by atoms with van der Waals surface area (Å²) in [5.41, 5.74) is 5.95. The average Bonchev–Trinajstić information content (AvgIpc) is 2.78. The number of aliphatic imine (C=N–C) groups is 1. The molecule has 2 aromatic rings. The van der Waals surface area contributed by atoms with Crippen LogP contribution in [0.15, 0.2) is 59.7 Å². The maximum atomic E-state index is 4.74. The molecule has 0 spiro atoms. The van der Waals surface area contributed by atoms with Crippen LogP contribution in [0.4, 0.5) is 5.69 Å². The minimum atomic E-state index is 0.929. The number of nitrogens with zero attached hydrogens (tertiary/aromatic N) is 2. The second-order valence-electron chi connectivity index (χ2n) is 4.33. The number of fused-ring (bicyclic) bond motifs is 5. The summed E-state index contributed by atoms with van der Waals surface area (Å²) in [7, 11) is 0. The van der Waals surface area contributed by atoms with E-state index in [2.05, 4.69) is 53.2 Å². The van der Waals surface area contributed by atoms with Crippen LogP contribution >= 0.6 is 0 Å². The lowest BCUT2D eigenvalue weighted by Crippen LogP contribution is -2.42. The summed E-state index contributed by atoms with van der Waals surface area (Å²) >= 11 is 0. The average molecular weight is 219 g/mol. The van der Waals surface area contributed by atoms with Crippen LogP contribution in [0.2, 0.25) is 0 Å². The van der Waals surface area contributed by atoms with E-state index in [4.69, 9.17) is 4.99 Å². The molecule has 0 atom stereocenters. The smallest absolute Gasteiger partial charge is 0.232 e. The molecule has 0 unspecified atom stereocenters. The Labute approximate surface area is 99.6 Å². The van der Waals surface area contributed by atoms with Gasteiger partial charge in [-0.15, -0.1) is 0 Å². The first kappa shape index (κ1) is 8.88. The second-order valence-corrected chi connectivity index (χ2v) is 4.33. The van der Waals surface area contributed by atoms with Crippen LogP contribution in [0.5, 0.6) is 0 Å². The van der Waals surface area contributed by atoms with E-state index in [9.17, 15) is 0 Å². The fraction of sp³-hybridized carbons (Fsp3) is 0.0667. The fourth-order valence-electron chi connectivity index (χ4n) is 2.55. The van der Waals surface area contributed by atoms with E-state index in [0.717, 1.165) is 17.9 Å². The minimum Gasteiger partial charge on any atom is -0.241 e. The van der Waals surface area contributed by atoms with Gasteiger partial charge in [0.15, 0.2) is 12.7 Å². The van der Waals surface area contributed by atoms with Crippen molar-refractivity contribution in [2.45, 2.75) is 6.54 Å². The van der Waals surface area contributed by atoms with Crippen molar-refractivity contribution in [3.05, 3.63) is 66.0 Å². The number of hydrogen-bond acceptors (Lipinski definition) is 1. The van der Waals surface area contributed by atoms with Crippen molar-refractivity contribution in [3.63, 3.8) is 0 Å². The molecule has 80 valence electrons. The zero-order valence-corrected chi connectivity index (χ0v) is 9.30. The Morgan fingerprint density at radius 1 is 1.00 bits per heavy atom. The summed E-state index contributed by atoms with van der Waals surface area (Å²) in [6.07, 6.45) is 4.37. The van der Waals surface area contributed by atoms with Crippen molar-refractivity contribution in [2.75, 3.05) is 0 Å². The molecule has 0 saturated carbocycles. The Morgan fingerprint density at radius 2 is 1.88 bits per heavy atom. The van der Waals surface area contributed by atoms with Gasteiger partial charge in [0.2, 0.25) is 5.69 Å². The largest absolute Gasteiger partial charge is 0.241 e. The van der Waals surface area contributed by atoms with E-state index in [1.54, 1.807) is 0 Å². The Kier molecular flexibility index (Phi) is 1.64. The molecular formula is C15H11N2+. The summed E-state index contributed by atoms with van der Waals surface area (Å²) in [5.74, 6) is 0. The van der Waals surface area contributed by atoms with Gasteiger partial charge in [-0.05, 0) is 18.2 Å². The third-order valence-corrected chi connectivity index (χ3v) is 3.36. The summed E-state index contributed by atoms with van der Waals surface area (Å²) in [4.78, 5) is 4.74. The van der Waals surface area contributed by atoms with Gasteiger partial charge < -0.3 is 0 Å². The van der Waals surface area contributed by atoms with Gasteiger partial charge in [0, 0.05) is 23.3 Å². The molecule has 1 aromatic carbocycles. The number of hydrogen-bond donors (Lipinski definition) is 0. The highest BCUT2D eigenvalue weighted by Crippen LogP contribution is 2.36. The zero-order chi connectivity index (χ0) is 11.2. The molecule has 0 amide bonds. The predicted octanol–water partition coefficient (Wildman–Crippen LogP) is 2.51. The van der Waals surface area contributed by atoms with Gasteiger partial charge in [-0.25, -0.2) is 4.99 Å². The predicted molar refractivity (Wildman–Crippen MR) is 67.3 cm³/mol. The zero-order valence-electron chi connectivity index (χ0n) is 9.30. The van der Waals surface area contributed by atoms with Crippen molar-refractivity contribution in [2.24, 2.45) is 4.99 Å². The van der Waals surface area contributed by atoms with Gasteiger partial charge >= 0.3 is 0 Å². The lowest BCUT2D eigenvalue weighted by molar-refractivity contribution is -0.688. The number of benzene rings is 1. The normalized spacial score (nSPS) is 15.5. The van der Waals surface area contributed by atoms with Gasteiger partial charge in [0.25, 0.3) is 0 Å². The molecule has 1 aromatic heterocycles. The SMILES string of the molecule is C1=C2C(=Nc3ccccc32)c2cccc[n+]2C1. The molecule has 2 heteroatoms. The van der Waals surface area contributed by atoms with E-state index in [1.165, 1.54) is 16.8 Å². The maximum Gasteiger partial charge on any atom is 0.232 e. The highest BCUT2D eigenvalue weighted by atomic mass is 15.0. The van der Waals surface area contributed by atoms with E-state index in [-0.39, 0.29) is 0 Å². The molecule has 4 rings (SSSR count). The van der Waals surface area contributed by atoms with Gasteiger partial charge in [-0.2, -0.15) is 4.57 Å². The third-order valence-electron chi connectivity index (χ3n) is 3.36. The van der Waals surface area contributed by atoms with Crippen LogP contribution in [-0.4, -0.2) is 5.71 Å². The lowest BCUT2D eigenvalue weighted by atomic mass is 9.98. The van der Waals surface area contributed by atoms with Crippen LogP contribution in [0.25, 0.3) is 5.57 Å². The van der Waals surface area contributed by atoms with E-state index in [0.29, 0.717) is 0 Å². The third kappa shape index (κ3) is 1.15. The summed E-state index contributed by atoms with van der Waals surface area (Å²) in [6.45, 7) is 0.929. The topological polar surface area (TPSA) is 16.2 Å². The fourth-order valence-corrected chi connectivity index (χ4v) is 2.55. The van der Waals surface area contributed by atoms with E-state index in [1.807, 2.05) is 6.07 Å². The summed E-state index contributed by atoms with van der Waals surface area (Å²) in [6, 6.07) is 14.6. The highest BCUT2D eigenvalue weighted by molar-refractivity contribution is 6.35. The Hall–Kier alpha value is -2.22. The van der Waals surface area contributed by atoms with Crippen LogP contribution in [0.3, 0.4) is 0 Å². The second kappa shape index (κ2) is 3.14. The van der Waals surface area contributed by atoms with Gasteiger partial charge in [0.05, 0.1) is 5.69 Å². The van der Waals surface area contributed by atoms with Gasteiger partial charge in [-0.1, -0.05) is 18.2 Å². The molecule has 2 aliphatic rings. The maximum absolute atomic E-state index is 4.74. The first-order chi connectivity index (χ1) is 8.43. The monoisotopic (exact) mass is 219 g/mol. The molecule has 0 N–H and O–H groups in total. The number of para-hydroxylation sites is 1. The standard InChI is InChI=1S/C15H11N2/c1-2-6-13-11(5-1)12-8-10-17-9-4-3-7-14(17)15(12)16-13/h1-9H,10H2/q+1. The van der Waals surface area contributed by atoms with Crippen molar-refractivity contribution in [1.29, 1.82) is 0 Å². The molecule has 3 heterocycles. The number of pyridine rings is 1. The number of aromatic nitrogens is 1. The number of allylic oxidation sites excluding steroid dienone is 2. The van der Waals surface area contributed by atoms with Crippen LogP contribution < -0.4 is 4.57 Å². The van der Waals surface area contributed by atoms with Gasteiger partial charge in [-0.3, -0.25) is 0 Å². The summed E-state index contributed by atoms with van der Waals surface area (Å²) < 4.78 is 2.23. The molecule has 0 saturated heterocycles. The molecular weight excluding hydrogens is 208 g/mol. The van der Waals surface area contributed by atoms with Gasteiger partial charge in [0.1, 0.15) is 5.71 Å². The molecule has 2 nitrogen and oxygen atoms in total. The molecule has 0 radical (unpaired) electrons. The van der Waals surface area contributed by atoms with Crippen molar-refractivity contribution in [1.82, 2.24) is 0 Å². The van der Waals surface area contributed by atoms with Crippen LogP contribution in [-0.2, 0) is 6.54 Å². The number of rotatable bonds is 0. The Morgan fingerprint density at radius 3 is 2.88 bits per heavy atom. The highest BCUT2D eigenvalue weighted by Gasteiger charge is 2.30. The van der Waals surface area contributed by atoms with Crippen LogP contribution in [0, 0.1) is 0 Å². The molecule has 0 fully saturated rings. The van der Waals surface area contributed by atoms with Crippen molar-refractivity contribution >= 4 is 17.0 Å².